The van der Waals surface area contributed by atoms with Crippen LogP contribution < -0.4 is 0 Å². The predicted octanol–water partition coefficient (Wildman–Crippen LogP) is 6.19. The lowest BCUT2D eigenvalue weighted by Crippen LogP contribution is -2.24. The van der Waals surface area contributed by atoms with E-state index < -0.39 is 0 Å². The van der Waals surface area contributed by atoms with Gasteiger partial charge >= 0.3 is 0 Å². The maximum absolute atomic E-state index is 13.7. The molecular formula is C29H20IN5O. The standard InChI is InChI=1S/C29H20IN5O/c30-22-15-16-26-31-28(24-14-8-7-11-21(24)17-34(26)18-22)32-29(36)25-19-35(23-12-5-2-6-13-23)33-27(25)20-9-3-1-4-10-20/h1-16,18-19H,17H2. The summed E-state index contributed by atoms with van der Waals surface area (Å²) in [6, 6.07) is 27.4. The van der Waals surface area contributed by atoms with Gasteiger partial charge in [-0.25, -0.2) is 9.67 Å². The summed E-state index contributed by atoms with van der Waals surface area (Å²) in [5, 5.41) is 4.76. The van der Waals surface area contributed by atoms with Crippen molar-refractivity contribution in [1.29, 1.82) is 0 Å². The highest BCUT2D eigenvalue weighted by Crippen LogP contribution is 2.27. The fourth-order valence-corrected chi connectivity index (χ4v) is 4.77. The third-order valence-electron chi connectivity index (χ3n) is 6.00. The van der Waals surface area contributed by atoms with E-state index in [0.717, 1.165) is 31.8 Å². The van der Waals surface area contributed by atoms with E-state index in [4.69, 9.17) is 10.1 Å². The normalized spacial score (nSPS) is 15.6. The van der Waals surface area contributed by atoms with Gasteiger partial charge in [-0.3, -0.25) is 4.79 Å². The van der Waals surface area contributed by atoms with Crippen LogP contribution in [-0.4, -0.2) is 32.3 Å². The first-order valence-corrected chi connectivity index (χ1v) is 12.6. The quantitative estimate of drug-likeness (QED) is 0.272. The number of rotatable bonds is 3. The van der Waals surface area contributed by atoms with Crippen LogP contribution in [0, 0.1) is 0 Å². The second-order valence-corrected chi connectivity index (χ2v) is 9.63. The maximum Gasteiger partial charge on any atom is 0.282 e. The number of halogens is 1. The van der Waals surface area contributed by atoms with Crippen LogP contribution in [0.25, 0.3) is 16.9 Å². The minimum absolute atomic E-state index is 0.386. The van der Waals surface area contributed by atoms with Crippen molar-refractivity contribution in [2.45, 2.75) is 6.54 Å². The summed E-state index contributed by atoms with van der Waals surface area (Å²) in [6.07, 6.45) is 7.76. The number of aliphatic imine (C=N–C) groups is 2. The Hall–Kier alpha value is -4.11. The molecule has 3 heterocycles. The molecule has 0 saturated heterocycles. The average molecular weight is 581 g/mol. The molecule has 0 saturated carbocycles. The highest BCUT2D eigenvalue weighted by atomic mass is 127. The molecular weight excluding hydrogens is 561 g/mol. The molecule has 0 radical (unpaired) electrons. The Kier molecular flexibility index (Phi) is 5.90. The third-order valence-corrected chi connectivity index (χ3v) is 6.64. The lowest BCUT2D eigenvalue weighted by atomic mass is 10.1. The summed E-state index contributed by atoms with van der Waals surface area (Å²) < 4.78 is 2.84. The highest BCUT2D eigenvalue weighted by Gasteiger charge is 2.24. The van der Waals surface area contributed by atoms with Crippen LogP contribution in [-0.2, 0) is 6.54 Å². The number of hydrogen-bond acceptors (Lipinski definition) is 3. The summed E-state index contributed by atoms with van der Waals surface area (Å²) >= 11 is 2.29. The van der Waals surface area contributed by atoms with E-state index in [1.807, 2.05) is 91.0 Å². The van der Waals surface area contributed by atoms with Gasteiger partial charge in [-0.15, -0.1) is 0 Å². The lowest BCUT2D eigenvalue weighted by molar-refractivity contribution is 0.100. The predicted molar refractivity (Wildman–Crippen MR) is 151 cm³/mol. The Morgan fingerprint density at radius 2 is 1.61 bits per heavy atom. The van der Waals surface area contributed by atoms with Crippen LogP contribution in [0.5, 0.6) is 0 Å². The van der Waals surface area contributed by atoms with Crippen molar-refractivity contribution in [2.24, 2.45) is 9.98 Å². The van der Waals surface area contributed by atoms with E-state index in [1.54, 1.807) is 10.9 Å². The van der Waals surface area contributed by atoms with Gasteiger partial charge in [-0.05, 0) is 52.4 Å². The molecule has 0 aliphatic carbocycles. The number of carbonyl (C=O) groups excluding carboxylic acids is 1. The molecule has 2 aliphatic heterocycles. The summed E-state index contributed by atoms with van der Waals surface area (Å²) in [4.78, 5) is 25.2. The molecule has 6 rings (SSSR count). The van der Waals surface area contributed by atoms with Crippen molar-refractivity contribution < 1.29 is 4.79 Å². The van der Waals surface area contributed by atoms with Crippen LogP contribution in [0.1, 0.15) is 21.5 Å². The Morgan fingerprint density at radius 3 is 2.42 bits per heavy atom. The summed E-state index contributed by atoms with van der Waals surface area (Å²) in [6.45, 7) is 0.653. The number of amides is 1. The number of aromatic nitrogens is 2. The first-order chi connectivity index (χ1) is 17.7. The minimum atomic E-state index is -0.386. The van der Waals surface area contributed by atoms with Gasteiger partial charge in [0.2, 0.25) is 0 Å². The molecule has 3 aromatic carbocycles. The average Bonchev–Trinajstić information content (AvgIpc) is 3.31. The first-order valence-electron chi connectivity index (χ1n) is 11.5. The minimum Gasteiger partial charge on any atom is -0.327 e. The Labute approximate surface area is 222 Å². The van der Waals surface area contributed by atoms with Crippen LogP contribution in [0.3, 0.4) is 0 Å². The smallest absolute Gasteiger partial charge is 0.282 e. The number of carbonyl (C=O) groups is 1. The maximum atomic E-state index is 13.7. The molecule has 174 valence electrons. The van der Waals surface area contributed by atoms with E-state index in [2.05, 4.69) is 44.7 Å². The third kappa shape index (κ3) is 4.33. The van der Waals surface area contributed by atoms with Crippen molar-refractivity contribution in [1.82, 2.24) is 14.7 Å². The molecule has 4 aromatic rings. The zero-order chi connectivity index (χ0) is 24.5. The van der Waals surface area contributed by atoms with Gasteiger partial charge in [0.05, 0.1) is 11.3 Å². The van der Waals surface area contributed by atoms with Crippen LogP contribution >= 0.6 is 22.6 Å². The molecule has 7 heteroatoms. The van der Waals surface area contributed by atoms with Crippen molar-refractivity contribution in [3.63, 3.8) is 0 Å². The number of fused-ring (bicyclic) bond motifs is 2. The van der Waals surface area contributed by atoms with E-state index >= 15 is 0 Å². The number of hydrogen-bond donors (Lipinski definition) is 0. The lowest BCUT2D eigenvalue weighted by Gasteiger charge is -2.21. The van der Waals surface area contributed by atoms with Gasteiger partial charge in [0.25, 0.3) is 5.91 Å². The fourth-order valence-electron chi connectivity index (χ4n) is 4.26. The fraction of sp³-hybridized carbons (Fsp3) is 0.0345. The highest BCUT2D eigenvalue weighted by molar-refractivity contribution is 14.1. The molecule has 0 spiro atoms. The molecule has 36 heavy (non-hydrogen) atoms. The van der Waals surface area contributed by atoms with Crippen LogP contribution in [0.15, 0.2) is 123 Å². The van der Waals surface area contributed by atoms with Gasteiger partial charge in [-0.2, -0.15) is 10.1 Å². The number of para-hydroxylation sites is 1. The molecule has 6 nitrogen and oxygen atoms in total. The van der Waals surface area contributed by atoms with Crippen molar-refractivity contribution in [3.05, 3.63) is 130 Å². The van der Waals surface area contributed by atoms with Gasteiger partial charge in [-0.1, -0.05) is 72.8 Å². The van der Waals surface area contributed by atoms with Gasteiger partial charge in [0.15, 0.2) is 5.84 Å². The van der Waals surface area contributed by atoms with Crippen molar-refractivity contribution >= 4 is 40.2 Å². The number of benzene rings is 3. The van der Waals surface area contributed by atoms with E-state index in [9.17, 15) is 4.79 Å². The largest absolute Gasteiger partial charge is 0.327 e. The summed E-state index contributed by atoms with van der Waals surface area (Å²) in [7, 11) is 0. The van der Waals surface area contributed by atoms with Crippen molar-refractivity contribution in [3.8, 4) is 16.9 Å². The molecule has 1 aromatic heterocycles. The van der Waals surface area contributed by atoms with Gasteiger partial charge in [0.1, 0.15) is 11.5 Å². The molecule has 0 fully saturated rings. The second-order valence-electron chi connectivity index (χ2n) is 8.38. The topological polar surface area (TPSA) is 62.9 Å². The molecule has 1 amide bonds. The van der Waals surface area contributed by atoms with E-state index in [0.29, 0.717) is 23.6 Å². The van der Waals surface area contributed by atoms with Gasteiger partial charge < -0.3 is 4.90 Å². The molecule has 0 N–H and O–H groups in total. The second kappa shape index (κ2) is 9.50. The monoisotopic (exact) mass is 581 g/mol. The summed E-state index contributed by atoms with van der Waals surface area (Å²) in [5.74, 6) is 0.763. The zero-order valence-corrected chi connectivity index (χ0v) is 21.3. The molecule has 0 bridgehead atoms. The number of nitrogens with zero attached hydrogens (tertiary/aromatic N) is 5. The Balaban J connectivity index is 1.48. The van der Waals surface area contributed by atoms with Crippen LogP contribution in [0.4, 0.5) is 0 Å². The zero-order valence-electron chi connectivity index (χ0n) is 19.1. The van der Waals surface area contributed by atoms with Crippen LogP contribution in [0.2, 0.25) is 0 Å². The molecule has 0 atom stereocenters. The van der Waals surface area contributed by atoms with Gasteiger partial charge in [0, 0.05) is 33.6 Å². The van der Waals surface area contributed by atoms with E-state index in [-0.39, 0.29) is 5.91 Å². The summed E-state index contributed by atoms with van der Waals surface area (Å²) in [5.41, 5.74) is 4.63. The first kappa shape index (κ1) is 22.4. The molecule has 0 unspecified atom stereocenters. The number of allylic oxidation sites excluding steroid dienone is 2. The Morgan fingerprint density at radius 1 is 0.889 bits per heavy atom. The molecule has 2 aliphatic rings. The Bertz CT molecular complexity index is 1580. The van der Waals surface area contributed by atoms with E-state index in [1.165, 1.54) is 0 Å². The number of amidine groups is 2. The SMILES string of the molecule is O=C(N=C1N=C2C=CC(I)=CN2Cc2ccccc21)c1cn(-c2ccccc2)nc1-c1ccccc1. The van der Waals surface area contributed by atoms with Crippen molar-refractivity contribution in [2.75, 3.05) is 0 Å².